The highest BCUT2D eigenvalue weighted by molar-refractivity contribution is 8.14. The molecular formula is C29H35NO6S. The Morgan fingerprint density at radius 3 is 2.84 bits per heavy atom. The second-order valence-corrected chi connectivity index (χ2v) is 13.3. The van der Waals surface area contributed by atoms with Crippen molar-refractivity contribution in [2.24, 2.45) is 34.5 Å². The molecule has 198 valence electrons. The van der Waals surface area contributed by atoms with Crippen molar-refractivity contribution in [2.45, 2.75) is 64.7 Å². The first-order valence-corrected chi connectivity index (χ1v) is 14.3. The second-order valence-electron chi connectivity index (χ2n) is 12.1. The summed E-state index contributed by atoms with van der Waals surface area (Å²) in [6.45, 7) is 6.91. The summed E-state index contributed by atoms with van der Waals surface area (Å²) in [4.78, 5) is 44.7. The molecule has 5 aliphatic rings. The minimum atomic E-state index is -1.08. The van der Waals surface area contributed by atoms with Gasteiger partial charge in [0.25, 0.3) is 0 Å². The first-order chi connectivity index (χ1) is 17.6. The molecule has 1 aliphatic heterocycles. The fourth-order valence-electron chi connectivity index (χ4n) is 8.81. The van der Waals surface area contributed by atoms with E-state index < -0.39 is 17.1 Å². The van der Waals surface area contributed by atoms with Gasteiger partial charge in [-0.15, -0.1) is 0 Å². The number of hydrogen-bond acceptors (Lipinski definition) is 8. The third-order valence-electron chi connectivity index (χ3n) is 10.3. The van der Waals surface area contributed by atoms with Gasteiger partial charge < -0.3 is 9.52 Å². The maximum absolute atomic E-state index is 14.1. The van der Waals surface area contributed by atoms with Gasteiger partial charge in [0.1, 0.15) is 0 Å². The van der Waals surface area contributed by atoms with Gasteiger partial charge in [0.15, 0.2) is 22.3 Å². The summed E-state index contributed by atoms with van der Waals surface area (Å²) in [6, 6.07) is 1.89. The van der Waals surface area contributed by atoms with Crippen LogP contribution in [0.25, 0.3) is 0 Å². The highest BCUT2D eigenvalue weighted by Crippen LogP contribution is 2.70. The fourth-order valence-corrected chi connectivity index (χ4v) is 9.35. The van der Waals surface area contributed by atoms with Crippen LogP contribution >= 0.6 is 11.8 Å². The van der Waals surface area contributed by atoms with Gasteiger partial charge in [0, 0.05) is 48.1 Å². The molecule has 1 aromatic rings. The number of hydrogen-bond donors (Lipinski definition) is 1. The van der Waals surface area contributed by atoms with Crippen molar-refractivity contribution in [3.8, 4) is 0 Å². The normalized spacial score (nSPS) is 42.5. The molecule has 8 atom stereocenters. The topological polar surface area (TPSA) is 97.1 Å². The Hall–Kier alpha value is -2.00. The number of Topliss-reactive ketones (excluding diaryl/α,β-unsaturated/α-hetero) is 1. The number of nitrogens with zero attached hydrogens (tertiary/aromatic N) is 1. The van der Waals surface area contributed by atoms with Crippen LogP contribution in [0.1, 0.15) is 52.0 Å². The first-order valence-electron chi connectivity index (χ1n) is 13.3. The lowest BCUT2D eigenvalue weighted by atomic mass is 9.47. The summed E-state index contributed by atoms with van der Waals surface area (Å²) in [6.07, 6.45) is 11.1. The van der Waals surface area contributed by atoms with Crippen LogP contribution in [0.5, 0.6) is 0 Å². The van der Waals surface area contributed by atoms with Crippen molar-refractivity contribution in [2.75, 3.05) is 12.3 Å². The number of thioether (sulfide) groups is 1. The lowest BCUT2D eigenvalue weighted by Crippen LogP contribution is -2.62. The number of hydroxylamine groups is 2. The molecule has 0 bridgehead atoms. The summed E-state index contributed by atoms with van der Waals surface area (Å²) >= 11 is 1.04. The first kappa shape index (κ1) is 25.3. The highest BCUT2D eigenvalue weighted by atomic mass is 32.2. The van der Waals surface area contributed by atoms with Crippen molar-refractivity contribution < 1.29 is 28.7 Å². The molecule has 1 N–H and O–H groups in total. The fraction of sp³-hybridized carbons (Fsp3) is 0.621. The smallest absolute Gasteiger partial charge is 0.186 e. The molecule has 1 aromatic heterocycles. The number of rotatable bonds is 5. The van der Waals surface area contributed by atoms with Crippen molar-refractivity contribution in [1.82, 2.24) is 5.06 Å². The van der Waals surface area contributed by atoms with E-state index in [1.807, 2.05) is 17.2 Å². The van der Waals surface area contributed by atoms with Crippen molar-refractivity contribution >= 4 is 28.4 Å². The third-order valence-corrected chi connectivity index (χ3v) is 11.1. The third kappa shape index (κ3) is 3.63. The molecule has 2 saturated carbocycles. The standard InChI is InChI=1S/C29H35NO6S/c1-17(31)37-16-25(34)29-20(14-30(36-29)13-18-7-9-35-15-18)11-23-22-5-4-19-10-21(32)6-8-27(19,2)26(22)24(33)12-28(23,29)3/h4,6-9,15,20,22-24,26,33H,5,10-14,16H2,1-3H3/t20-,22-,23-,24-,26+,27-,28-,29-/m0/s1. The zero-order valence-electron chi connectivity index (χ0n) is 21.6. The minimum absolute atomic E-state index is 0.00506. The van der Waals surface area contributed by atoms with E-state index in [-0.39, 0.29) is 51.5 Å². The number of aliphatic hydroxyl groups excluding tert-OH is 1. The maximum Gasteiger partial charge on any atom is 0.186 e. The van der Waals surface area contributed by atoms with Crippen molar-refractivity contribution in [3.63, 3.8) is 0 Å². The van der Waals surface area contributed by atoms with Crippen molar-refractivity contribution in [3.05, 3.63) is 48.0 Å². The second kappa shape index (κ2) is 8.76. The van der Waals surface area contributed by atoms with E-state index in [1.54, 1.807) is 18.6 Å². The number of carbonyl (C=O) groups is 3. The van der Waals surface area contributed by atoms with E-state index in [0.717, 1.165) is 35.7 Å². The van der Waals surface area contributed by atoms with Crippen LogP contribution in [0.3, 0.4) is 0 Å². The van der Waals surface area contributed by atoms with Gasteiger partial charge in [0.2, 0.25) is 0 Å². The monoisotopic (exact) mass is 525 g/mol. The molecule has 1 saturated heterocycles. The van der Waals surface area contributed by atoms with Gasteiger partial charge >= 0.3 is 0 Å². The van der Waals surface area contributed by atoms with Crippen LogP contribution in [-0.4, -0.2) is 50.9 Å². The molecule has 2 heterocycles. The lowest BCUT2D eigenvalue weighted by molar-refractivity contribution is -0.251. The Labute approximate surface area is 221 Å². The summed E-state index contributed by atoms with van der Waals surface area (Å²) in [7, 11) is 0. The van der Waals surface area contributed by atoms with Gasteiger partial charge in [-0.2, -0.15) is 5.06 Å². The van der Waals surface area contributed by atoms with Gasteiger partial charge in [-0.1, -0.05) is 43.3 Å². The maximum atomic E-state index is 14.1. The van der Waals surface area contributed by atoms with E-state index in [1.165, 1.54) is 6.92 Å². The predicted octanol–water partition coefficient (Wildman–Crippen LogP) is 4.12. The number of carbonyl (C=O) groups excluding carboxylic acids is 3. The van der Waals surface area contributed by atoms with Gasteiger partial charge in [-0.05, 0) is 43.2 Å². The van der Waals surface area contributed by atoms with Crippen LogP contribution in [0, 0.1) is 34.5 Å². The zero-order chi connectivity index (χ0) is 26.2. The van der Waals surface area contributed by atoms with E-state index in [9.17, 15) is 19.5 Å². The van der Waals surface area contributed by atoms with Gasteiger partial charge in [-0.3, -0.25) is 19.2 Å². The number of allylic oxidation sites excluding steroid dienone is 4. The Bertz CT molecular complexity index is 1190. The molecule has 0 aromatic carbocycles. The van der Waals surface area contributed by atoms with Gasteiger partial charge in [0.05, 0.1) is 30.9 Å². The predicted molar refractivity (Wildman–Crippen MR) is 138 cm³/mol. The van der Waals surface area contributed by atoms with Crippen LogP contribution in [0.15, 0.2) is 46.8 Å². The van der Waals surface area contributed by atoms with Crippen LogP contribution in [0.2, 0.25) is 0 Å². The van der Waals surface area contributed by atoms with Crippen LogP contribution < -0.4 is 0 Å². The van der Waals surface area contributed by atoms with Crippen molar-refractivity contribution in [1.29, 1.82) is 0 Å². The molecule has 3 fully saturated rings. The molecule has 7 nitrogen and oxygen atoms in total. The summed E-state index contributed by atoms with van der Waals surface area (Å²) in [5.74, 6) is 0.480. The van der Waals surface area contributed by atoms with E-state index >= 15 is 0 Å². The van der Waals surface area contributed by atoms with Gasteiger partial charge in [-0.25, -0.2) is 0 Å². The molecule has 4 aliphatic carbocycles. The molecular weight excluding hydrogens is 490 g/mol. The zero-order valence-corrected chi connectivity index (χ0v) is 22.5. The van der Waals surface area contributed by atoms with Crippen LogP contribution in [0.4, 0.5) is 0 Å². The molecule has 0 radical (unpaired) electrons. The van der Waals surface area contributed by atoms with E-state index in [2.05, 4.69) is 19.9 Å². The average molecular weight is 526 g/mol. The highest BCUT2D eigenvalue weighted by Gasteiger charge is 2.74. The Balaban J connectivity index is 1.37. The molecule has 0 amide bonds. The quantitative estimate of drug-likeness (QED) is 0.574. The lowest BCUT2D eigenvalue weighted by Gasteiger charge is -2.59. The molecule has 0 unspecified atom stereocenters. The number of aliphatic hydroxyl groups is 1. The SMILES string of the molecule is CC(=O)SCC(=O)[C@@]12ON(Cc3ccoc3)C[C@@H]1C[C@H]1[C@@H]3CC=C4CC(=O)C=C[C@]4(C)[C@H]3[C@@H](O)C[C@@]12C. The Kier molecular flexibility index (Phi) is 5.99. The largest absolute Gasteiger partial charge is 0.472 e. The Morgan fingerprint density at radius 1 is 1.30 bits per heavy atom. The molecule has 8 heteroatoms. The minimum Gasteiger partial charge on any atom is -0.472 e. The summed E-state index contributed by atoms with van der Waals surface area (Å²) in [5, 5.41) is 13.6. The van der Waals surface area contributed by atoms with E-state index in [0.29, 0.717) is 25.9 Å². The number of fused-ring (bicyclic) bond motifs is 7. The number of furan rings is 1. The average Bonchev–Trinajstić information content (AvgIpc) is 3.53. The molecule has 37 heavy (non-hydrogen) atoms. The van der Waals surface area contributed by atoms with E-state index in [4.69, 9.17) is 9.25 Å². The molecule has 6 rings (SSSR count). The van der Waals surface area contributed by atoms with Crippen LogP contribution in [-0.2, 0) is 25.8 Å². The summed E-state index contributed by atoms with van der Waals surface area (Å²) in [5.41, 5.74) is 0.0775. The molecule has 0 spiro atoms. The Morgan fingerprint density at radius 2 is 2.11 bits per heavy atom. The summed E-state index contributed by atoms with van der Waals surface area (Å²) < 4.78 is 5.24. The number of ketones is 2.